The lowest BCUT2D eigenvalue weighted by molar-refractivity contribution is 0.592. The molecule has 0 aromatic carbocycles. The van der Waals surface area contributed by atoms with Crippen molar-refractivity contribution in [3.8, 4) is 11.8 Å². The monoisotopic (exact) mass is 230 g/mol. The van der Waals surface area contributed by atoms with Crippen LogP contribution < -0.4 is 0 Å². The van der Waals surface area contributed by atoms with E-state index in [1.165, 1.54) is 6.07 Å². The zero-order chi connectivity index (χ0) is 10.8. The van der Waals surface area contributed by atoms with Gasteiger partial charge in [0.25, 0.3) is 0 Å². The second kappa shape index (κ2) is 3.95. The summed E-state index contributed by atoms with van der Waals surface area (Å²) in [5.74, 6) is 5.21. The van der Waals surface area contributed by atoms with Gasteiger partial charge in [0.1, 0.15) is 10.8 Å². The Kier molecular flexibility index (Phi) is 3.09. The van der Waals surface area contributed by atoms with Gasteiger partial charge in [0, 0.05) is 12.3 Å². The van der Waals surface area contributed by atoms with E-state index in [1.807, 2.05) is 0 Å². The third kappa shape index (κ3) is 2.69. The minimum absolute atomic E-state index is 0.0678. The van der Waals surface area contributed by atoms with Crippen molar-refractivity contribution >= 4 is 21.4 Å². The van der Waals surface area contributed by atoms with Crippen molar-refractivity contribution in [3.63, 3.8) is 0 Å². The molecule has 1 aromatic rings. The summed E-state index contributed by atoms with van der Waals surface area (Å²) in [6.45, 7) is 1.62. The summed E-state index contributed by atoms with van der Waals surface area (Å²) in [5, 5.41) is -0.235. The molecule has 0 atom stereocenters. The van der Waals surface area contributed by atoms with Crippen LogP contribution in [0.3, 0.4) is 0 Å². The van der Waals surface area contributed by atoms with Crippen molar-refractivity contribution in [2.75, 3.05) is 6.26 Å². The molecule has 0 saturated carbocycles. The van der Waals surface area contributed by atoms with Gasteiger partial charge < -0.3 is 0 Å². The van der Waals surface area contributed by atoms with Crippen LogP contribution in [0.25, 0.3) is 0 Å². The molecule has 1 heterocycles. The minimum Gasteiger partial charge on any atom is -0.221 e. The highest BCUT2D eigenvalue weighted by molar-refractivity contribution is 7.90. The van der Waals surface area contributed by atoms with Crippen LogP contribution in [0, 0.1) is 11.8 Å². The summed E-state index contributed by atoms with van der Waals surface area (Å²) in [6.07, 6.45) is 1.02. The Hall–Kier alpha value is -1.12. The molecule has 0 unspecified atom stereocenters. The lowest BCUT2D eigenvalue weighted by Crippen LogP contribution is -2.05. The third-order valence-corrected chi connectivity index (χ3v) is 2.30. The standard InChI is InChI=1S/C8H7ClN2O2S/c1-3-4-6-5-7(9)11-8(10-6)14(2,12)13/h5H,1-2H3. The molecule has 0 bridgehead atoms. The highest BCUT2D eigenvalue weighted by atomic mass is 35.5. The minimum atomic E-state index is -3.44. The molecule has 4 nitrogen and oxygen atoms in total. The van der Waals surface area contributed by atoms with E-state index < -0.39 is 9.84 Å². The fraction of sp³-hybridized carbons (Fsp3) is 0.250. The highest BCUT2D eigenvalue weighted by Gasteiger charge is 2.12. The van der Waals surface area contributed by atoms with Crippen molar-refractivity contribution in [1.29, 1.82) is 0 Å². The predicted octanol–water partition coefficient (Wildman–Crippen LogP) is 0.905. The molecule has 0 N–H and O–H groups in total. The molecule has 0 aliphatic heterocycles. The summed E-state index contributed by atoms with van der Waals surface area (Å²) in [7, 11) is -3.44. The van der Waals surface area contributed by atoms with E-state index in [2.05, 4.69) is 21.8 Å². The number of hydrogen-bond donors (Lipinski definition) is 0. The van der Waals surface area contributed by atoms with Crippen molar-refractivity contribution in [2.24, 2.45) is 0 Å². The van der Waals surface area contributed by atoms with Crippen molar-refractivity contribution in [2.45, 2.75) is 12.1 Å². The van der Waals surface area contributed by atoms with Gasteiger partial charge in [-0.15, -0.1) is 0 Å². The van der Waals surface area contributed by atoms with Gasteiger partial charge in [0.2, 0.25) is 15.0 Å². The zero-order valence-electron chi connectivity index (χ0n) is 7.57. The summed E-state index contributed by atoms with van der Waals surface area (Å²) >= 11 is 5.61. The molecule has 1 aromatic heterocycles. The largest absolute Gasteiger partial charge is 0.249 e. The molecular formula is C8H7ClN2O2S. The Bertz CT molecular complexity index is 514. The van der Waals surface area contributed by atoms with Crippen LogP contribution in [0.4, 0.5) is 0 Å². The molecule has 0 radical (unpaired) electrons. The number of aromatic nitrogens is 2. The number of nitrogens with zero attached hydrogens (tertiary/aromatic N) is 2. The number of hydrogen-bond acceptors (Lipinski definition) is 4. The van der Waals surface area contributed by atoms with Gasteiger partial charge in [-0.1, -0.05) is 17.5 Å². The maximum absolute atomic E-state index is 11.1. The van der Waals surface area contributed by atoms with Crippen LogP contribution in [0.5, 0.6) is 0 Å². The van der Waals surface area contributed by atoms with Crippen LogP contribution in [0.2, 0.25) is 5.15 Å². The molecule has 0 spiro atoms. The van der Waals surface area contributed by atoms with Gasteiger partial charge in [-0.05, 0) is 12.8 Å². The van der Waals surface area contributed by atoms with Gasteiger partial charge in [0.15, 0.2) is 0 Å². The second-order valence-corrected chi connectivity index (χ2v) is 4.80. The molecule has 74 valence electrons. The number of sulfone groups is 1. The first-order valence-electron chi connectivity index (χ1n) is 3.61. The molecule has 0 aliphatic rings. The Morgan fingerprint density at radius 1 is 1.43 bits per heavy atom. The Balaban J connectivity index is 3.40. The van der Waals surface area contributed by atoms with Crippen molar-refractivity contribution in [3.05, 3.63) is 16.9 Å². The highest BCUT2D eigenvalue weighted by Crippen LogP contribution is 2.10. The van der Waals surface area contributed by atoms with E-state index in [-0.39, 0.29) is 10.3 Å². The van der Waals surface area contributed by atoms with E-state index in [1.54, 1.807) is 6.92 Å². The third-order valence-electron chi connectivity index (χ3n) is 1.26. The molecule has 14 heavy (non-hydrogen) atoms. The molecule has 0 saturated heterocycles. The first kappa shape index (κ1) is 11.0. The van der Waals surface area contributed by atoms with Crippen LogP contribution >= 0.6 is 11.6 Å². The Morgan fingerprint density at radius 3 is 2.57 bits per heavy atom. The first-order chi connectivity index (χ1) is 6.43. The smallest absolute Gasteiger partial charge is 0.221 e. The van der Waals surface area contributed by atoms with Gasteiger partial charge in [-0.2, -0.15) is 0 Å². The van der Waals surface area contributed by atoms with Crippen LogP contribution in [0.15, 0.2) is 11.2 Å². The Morgan fingerprint density at radius 2 is 2.07 bits per heavy atom. The van der Waals surface area contributed by atoms with Gasteiger partial charge in [0.05, 0.1) is 0 Å². The maximum Gasteiger partial charge on any atom is 0.249 e. The molecule has 0 aliphatic carbocycles. The van der Waals surface area contributed by atoms with E-state index >= 15 is 0 Å². The van der Waals surface area contributed by atoms with Crippen molar-refractivity contribution in [1.82, 2.24) is 9.97 Å². The quantitative estimate of drug-likeness (QED) is 0.409. The average molecular weight is 231 g/mol. The summed E-state index contributed by atoms with van der Waals surface area (Å²) < 4.78 is 22.2. The molecular weight excluding hydrogens is 224 g/mol. The van der Waals surface area contributed by atoms with E-state index in [0.29, 0.717) is 5.69 Å². The molecule has 0 fully saturated rings. The number of halogens is 1. The summed E-state index contributed by atoms with van der Waals surface area (Å²) in [4.78, 5) is 7.32. The number of rotatable bonds is 1. The molecule has 6 heteroatoms. The first-order valence-corrected chi connectivity index (χ1v) is 5.88. The fourth-order valence-corrected chi connectivity index (χ4v) is 1.52. The van der Waals surface area contributed by atoms with Gasteiger partial charge in [-0.3, -0.25) is 0 Å². The molecule has 1 rings (SSSR count). The van der Waals surface area contributed by atoms with E-state index in [9.17, 15) is 8.42 Å². The lowest BCUT2D eigenvalue weighted by Gasteiger charge is -1.97. The van der Waals surface area contributed by atoms with Crippen LogP contribution in [-0.4, -0.2) is 24.6 Å². The topological polar surface area (TPSA) is 59.9 Å². The van der Waals surface area contributed by atoms with Crippen molar-refractivity contribution < 1.29 is 8.42 Å². The SMILES string of the molecule is CC#Cc1cc(Cl)nc(S(C)(=O)=O)n1. The fourth-order valence-electron chi connectivity index (χ4n) is 0.755. The van der Waals surface area contributed by atoms with Gasteiger partial charge >= 0.3 is 0 Å². The molecule has 0 amide bonds. The Labute approximate surface area is 87.3 Å². The van der Waals surface area contributed by atoms with Gasteiger partial charge in [-0.25, -0.2) is 18.4 Å². The van der Waals surface area contributed by atoms with Crippen LogP contribution in [0.1, 0.15) is 12.6 Å². The predicted molar refractivity (Wildman–Crippen MR) is 52.7 cm³/mol. The lowest BCUT2D eigenvalue weighted by atomic mass is 10.4. The summed E-state index contributed by atoms with van der Waals surface area (Å²) in [6, 6.07) is 1.41. The normalized spacial score (nSPS) is 10.5. The maximum atomic E-state index is 11.1. The second-order valence-electron chi connectivity index (χ2n) is 2.51. The van der Waals surface area contributed by atoms with E-state index in [4.69, 9.17) is 11.6 Å². The average Bonchev–Trinajstić information content (AvgIpc) is 2.02. The van der Waals surface area contributed by atoms with E-state index in [0.717, 1.165) is 6.26 Å². The zero-order valence-corrected chi connectivity index (χ0v) is 9.15. The summed E-state index contributed by atoms with van der Waals surface area (Å²) in [5.41, 5.74) is 0.299. The van der Waals surface area contributed by atoms with Crippen LogP contribution in [-0.2, 0) is 9.84 Å².